The maximum atomic E-state index is 13.7. The number of ether oxygens (including phenoxy) is 1. The lowest BCUT2D eigenvalue weighted by atomic mass is 9.87. The van der Waals surface area contributed by atoms with Gasteiger partial charge in [-0.15, -0.1) is 0 Å². The van der Waals surface area contributed by atoms with Crippen LogP contribution in [0.4, 0.5) is 10.5 Å². The van der Waals surface area contributed by atoms with Gasteiger partial charge in [-0.05, 0) is 84.6 Å². The van der Waals surface area contributed by atoms with Gasteiger partial charge in [0.05, 0.1) is 31.3 Å². The van der Waals surface area contributed by atoms with Gasteiger partial charge in [-0.1, -0.05) is 109 Å². The molecule has 14 nitrogen and oxygen atoms in total. The number of nitrogens with zero attached hydrogens (tertiary/aromatic N) is 7. The summed E-state index contributed by atoms with van der Waals surface area (Å²) in [6, 6.07) is 25.5. The summed E-state index contributed by atoms with van der Waals surface area (Å²) in [6.45, 7) is 16.0. The van der Waals surface area contributed by atoms with Crippen LogP contribution in [0.2, 0.25) is 0 Å². The maximum absolute atomic E-state index is 13.7. The second kappa shape index (κ2) is 18.6. The summed E-state index contributed by atoms with van der Waals surface area (Å²) in [5, 5.41) is 18.2. The van der Waals surface area contributed by atoms with Gasteiger partial charge in [0.15, 0.2) is 11.6 Å². The number of carbonyl (C=O) groups is 3. The summed E-state index contributed by atoms with van der Waals surface area (Å²) in [5.74, 6) is 2.83. The highest BCUT2D eigenvalue weighted by Crippen LogP contribution is 2.48. The summed E-state index contributed by atoms with van der Waals surface area (Å²) >= 11 is 0. The van der Waals surface area contributed by atoms with Gasteiger partial charge in [0, 0.05) is 36.3 Å². The van der Waals surface area contributed by atoms with Crippen LogP contribution < -0.4 is 10.2 Å². The molecule has 2 aromatic heterocycles. The number of hydrogen-bond acceptors (Lipinski definition) is 9. The summed E-state index contributed by atoms with van der Waals surface area (Å²) in [7, 11) is 1.30. The van der Waals surface area contributed by atoms with E-state index in [1.54, 1.807) is 4.90 Å². The summed E-state index contributed by atoms with van der Waals surface area (Å²) < 4.78 is 4.80. The van der Waals surface area contributed by atoms with E-state index in [0.717, 1.165) is 62.0 Å². The zero-order chi connectivity index (χ0) is 45.3. The average Bonchev–Trinajstić information content (AvgIpc) is 4.14. The Kier molecular flexibility index (Phi) is 12.9. The molecule has 0 radical (unpaired) electrons. The van der Waals surface area contributed by atoms with Crippen LogP contribution in [-0.4, -0.2) is 84.3 Å². The number of carbonyl (C=O) groups excluding carboxylic acids is 3. The first-order chi connectivity index (χ1) is 30.7. The Hall–Kier alpha value is -6.05. The zero-order valence-electron chi connectivity index (χ0n) is 38.6. The number of amides is 3. The van der Waals surface area contributed by atoms with E-state index in [1.807, 2.05) is 18.7 Å². The molecule has 3 fully saturated rings. The Morgan fingerprint density at radius 3 is 1.67 bits per heavy atom. The van der Waals surface area contributed by atoms with Gasteiger partial charge in [0.25, 0.3) is 0 Å². The first-order valence-corrected chi connectivity index (χ1v) is 23.1. The van der Waals surface area contributed by atoms with Crippen molar-refractivity contribution in [2.45, 2.75) is 129 Å². The molecule has 14 heteroatoms. The monoisotopic (exact) mass is 869 g/mol. The number of rotatable bonds is 12. The second-order valence-electron chi connectivity index (χ2n) is 19.5. The lowest BCUT2D eigenvalue weighted by Crippen LogP contribution is -2.51. The van der Waals surface area contributed by atoms with Crippen molar-refractivity contribution in [2.75, 3.05) is 25.1 Å². The second-order valence-corrected chi connectivity index (χ2v) is 19.5. The minimum Gasteiger partial charge on any atom is -0.453 e. The van der Waals surface area contributed by atoms with Gasteiger partial charge < -0.3 is 24.8 Å². The van der Waals surface area contributed by atoms with Crippen LogP contribution in [0.3, 0.4) is 0 Å². The fraction of sp³-hybridized carbons (Fsp3) is 0.500. The van der Waals surface area contributed by atoms with Crippen LogP contribution >= 0.6 is 0 Å². The van der Waals surface area contributed by atoms with Crippen LogP contribution in [0.1, 0.15) is 146 Å². The molecule has 0 saturated carbocycles. The lowest BCUT2D eigenvalue weighted by Gasteiger charge is -2.34. The van der Waals surface area contributed by atoms with Crippen LogP contribution in [0, 0.1) is 11.8 Å². The lowest BCUT2D eigenvalue weighted by molar-refractivity contribution is -0.135. The van der Waals surface area contributed by atoms with Gasteiger partial charge in [0.2, 0.25) is 11.8 Å². The van der Waals surface area contributed by atoms with Crippen molar-refractivity contribution in [3.05, 3.63) is 101 Å². The SMILES string of the molecule is COC(=O)N[C@H](C(=O)N1CCC[C@H]1c1nc(-c2ccc([C@@H]3CC[C@@H](c4ccc(-c5n[nH]c([C@@H]6CCCN6C(=O)CC(C)C)n5)cc4)N3c3ccc(C(C)(C)C)cc3)cc2)n[nH]1)C(C)C. The largest absolute Gasteiger partial charge is 0.453 e. The summed E-state index contributed by atoms with van der Waals surface area (Å²) in [5.41, 5.74) is 6.78. The molecule has 5 aromatic rings. The molecular weight excluding hydrogens is 805 g/mol. The van der Waals surface area contributed by atoms with Crippen molar-refractivity contribution in [3.63, 3.8) is 0 Å². The first kappa shape index (κ1) is 44.6. The van der Waals surface area contributed by atoms with Crippen LogP contribution in [0.5, 0.6) is 0 Å². The molecule has 3 N–H and O–H groups in total. The number of benzene rings is 3. The van der Waals surface area contributed by atoms with Gasteiger partial charge in [0.1, 0.15) is 17.7 Å². The third kappa shape index (κ3) is 9.28. The summed E-state index contributed by atoms with van der Waals surface area (Å²) in [4.78, 5) is 54.9. The number of aromatic nitrogens is 6. The van der Waals surface area contributed by atoms with Crippen LogP contribution in [0.15, 0.2) is 72.8 Å². The third-order valence-corrected chi connectivity index (χ3v) is 13.2. The number of alkyl carbamates (subject to hydrolysis) is 1. The number of nitrogens with one attached hydrogen (secondary N) is 3. The van der Waals surface area contributed by atoms with E-state index >= 15 is 0 Å². The Labute approximate surface area is 377 Å². The van der Waals surface area contributed by atoms with Gasteiger partial charge in [-0.25, -0.2) is 14.8 Å². The van der Waals surface area contributed by atoms with Crippen molar-refractivity contribution in [1.82, 2.24) is 45.5 Å². The molecule has 0 unspecified atom stereocenters. The highest BCUT2D eigenvalue weighted by molar-refractivity contribution is 5.86. The molecule has 0 spiro atoms. The van der Waals surface area contributed by atoms with E-state index in [0.29, 0.717) is 36.4 Å². The molecule has 64 heavy (non-hydrogen) atoms. The Morgan fingerprint density at radius 1 is 0.703 bits per heavy atom. The fourth-order valence-corrected chi connectivity index (χ4v) is 9.78. The molecule has 0 aliphatic carbocycles. The molecule has 5 heterocycles. The van der Waals surface area contributed by atoms with E-state index < -0.39 is 12.1 Å². The van der Waals surface area contributed by atoms with Crippen molar-refractivity contribution in [1.29, 1.82) is 0 Å². The van der Waals surface area contributed by atoms with Crippen LogP contribution in [-0.2, 0) is 19.7 Å². The first-order valence-electron chi connectivity index (χ1n) is 23.1. The van der Waals surface area contributed by atoms with E-state index in [9.17, 15) is 14.4 Å². The van der Waals surface area contributed by atoms with E-state index in [2.05, 4.69) is 138 Å². The number of hydrogen-bond donors (Lipinski definition) is 3. The zero-order valence-corrected chi connectivity index (χ0v) is 38.6. The number of aromatic amines is 2. The minimum absolute atomic E-state index is 0.0395. The predicted octanol–water partition coefficient (Wildman–Crippen LogP) is 9.39. The molecule has 3 aliphatic heterocycles. The molecule has 5 atom stereocenters. The third-order valence-electron chi connectivity index (χ3n) is 13.2. The Bertz CT molecular complexity index is 2400. The minimum atomic E-state index is -0.705. The average molecular weight is 869 g/mol. The number of likely N-dealkylation sites (tertiary alicyclic amines) is 2. The molecular formula is C50H64N10O4. The van der Waals surface area contributed by atoms with Crippen molar-refractivity contribution in [3.8, 4) is 22.8 Å². The smallest absolute Gasteiger partial charge is 0.407 e. The van der Waals surface area contributed by atoms with E-state index in [1.165, 1.54) is 29.5 Å². The van der Waals surface area contributed by atoms with Gasteiger partial charge >= 0.3 is 6.09 Å². The highest BCUT2D eigenvalue weighted by atomic mass is 16.5. The van der Waals surface area contributed by atoms with Crippen molar-refractivity contribution in [2.24, 2.45) is 11.8 Å². The maximum Gasteiger partial charge on any atom is 0.407 e. The normalized spacial score (nSPS) is 20.7. The molecule has 3 saturated heterocycles. The molecule has 3 aromatic carbocycles. The summed E-state index contributed by atoms with van der Waals surface area (Å²) in [6.07, 6.45) is 5.30. The van der Waals surface area contributed by atoms with E-state index in [-0.39, 0.29) is 47.3 Å². The number of anilines is 1. The van der Waals surface area contributed by atoms with Gasteiger partial charge in [-0.2, -0.15) is 10.2 Å². The standard InChI is InChI=1S/C50H64N10O4/c1-30(2)29-42(61)58-27-9-11-40(58)46-52-44(54-56-46)34-17-13-32(14-18-34)38-25-26-39(60(38)37-23-21-36(22-24-37)50(5,6)7)33-15-19-35(20-16-33)45-53-47(57-55-45)41-12-10-28-59(41)48(62)43(31(3)4)51-49(63)64-8/h13-24,30-31,38-41,43H,9-12,25-29H2,1-8H3,(H,51,63)(H,52,54,56)(H,53,55,57)/t38-,39-,40-,41-,43-/m0/s1. The quantitative estimate of drug-likeness (QED) is 0.111. The van der Waals surface area contributed by atoms with Gasteiger partial charge in [-0.3, -0.25) is 19.8 Å². The number of methoxy groups -OCH3 is 1. The Balaban J connectivity index is 1.01. The van der Waals surface area contributed by atoms with Crippen molar-refractivity contribution < 1.29 is 19.1 Å². The highest BCUT2D eigenvalue weighted by Gasteiger charge is 2.39. The van der Waals surface area contributed by atoms with Crippen molar-refractivity contribution >= 4 is 23.6 Å². The Morgan fingerprint density at radius 2 is 1.20 bits per heavy atom. The van der Waals surface area contributed by atoms with Crippen LogP contribution in [0.25, 0.3) is 22.8 Å². The molecule has 3 aliphatic rings. The molecule has 0 bridgehead atoms. The predicted molar refractivity (Wildman–Crippen MR) is 247 cm³/mol. The molecule has 3 amide bonds. The topological polar surface area (TPSA) is 165 Å². The fourth-order valence-electron chi connectivity index (χ4n) is 9.78. The van der Waals surface area contributed by atoms with E-state index in [4.69, 9.17) is 14.7 Å². The molecule has 338 valence electrons. The number of H-pyrrole nitrogens is 2. The molecule has 8 rings (SSSR count).